The molecule has 0 aromatic carbocycles. The predicted molar refractivity (Wildman–Crippen MR) is 43.2 cm³/mol. The highest BCUT2D eigenvalue weighted by Gasteiger charge is 2.06. The molecule has 0 aliphatic carbocycles. The number of nitrogens with one attached hydrogen (secondary N) is 1. The standard InChI is InChI=1S/C6H14N2S/c9-6-5-8-3-1-7-2-4-8/h7,9H,1-6H2. The molecule has 1 fully saturated rings. The van der Waals surface area contributed by atoms with Crippen molar-refractivity contribution in [1.82, 2.24) is 10.2 Å². The molecule has 0 atom stereocenters. The molecule has 0 bridgehead atoms. The fourth-order valence-electron chi connectivity index (χ4n) is 1.08. The first-order chi connectivity index (χ1) is 4.43. The molecular weight excluding hydrogens is 132 g/mol. The van der Waals surface area contributed by atoms with Crippen molar-refractivity contribution in [3.63, 3.8) is 0 Å². The maximum Gasteiger partial charge on any atom is 0.0108 e. The summed E-state index contributed by atoms with van der Waals surface area (Å²) >= 11 is 4.17. The Bertz CT molecular complexity index is 68.7. The molecule has 1 rings (SSSR count). The van der Waals surface area contributed by atoms with Crippen LogP contribution in [0.1, 0.15) is 0 Å². The summed E-state index contributed by atoms with van der Waals surface area (Å²) in [5.41, 5.74) is 0. The SMILES string of the molecule is SCCN1CCNCC1. The summed E-state index contributed by atoms with van der Waals surface area (Å²) in [6.45, 7) is 5.83. The molecule has 0 aromatic heterocycles. The van der Waals surface area contributed by atoms with Crippen molar-refractivity contribution in [2.75, 3.05) is 38.5 Å². The predicted octanol–water partition coefficient (Wildman–Crippen LogP) is -0.179. The van der Waals surface area contributed by atoms with E-state index in [-0.39, 0.29) is 0 Å². The van der Waals surface area contributed by atoms with Crippen LogP contribution in [0.3, 0.4) is 0 Å². The Hall–Kier alpha value is 0.270. The van der Waals surface area contributed by atoms with Gasteiger partial charge in [-0.2, -0.15) is 12.6 Å². The number of rotatable bonds is 2. The van der Waals surface area contributed by atoms with Gasteiger partial charge in [-0.25, -0.2) is 0 Å². The zero-order valence-electron chi connectivity index (χ0n) is 5.64. The Balaban J connectivity index is 2.08. The van der Waals surface area contributed by atoms with Gasteiger partial charge in [-0.05, 0) is 0 Å². The topological polar surface area (TPSA) is 15.3 Å². The van der Waals surface area contributed by atoms with Crippen LogP contribution in [0.25, 0.3) is 0 Å². The van der Waals surface area contributed by atoms with Gasteiger partial charge in [0.05, 0.1) is 0 Å². The van der Waals surface area contributed by atoms with Crippen molar-refractivity contribution in [2.45, 2.75) is 0 Å². The fraction of sp³-hybridized carbons (Fsp3) is 1.00. The summed E-state index contributed by atoms with van der Waals surface area (Å²) in [6, 6.07) is 0. The van der Waals surface area contributed by atoms with E-state index in [0.29, 0.717) is 0 Å². The van der Waals surface area contributed by atoms with Gasteiger partial charge in [-0.1, -0.05) is 0 Å². The van der Waals surface area contributed by atoms with Crippen LogP contribution < -0.4 is 5.32 Å². The number of hydrogen-bond acceptors (Lipinski definition) is 3. The summed E-state index contributed by atoms with van der Waals surface area (Å²) in [5.74, 6) is 0.986. The maximum absolute atomic E-state index is 4.17. The van der Waals surface area contributed by atoms with Crippen LogP contribution in [0.4, 0.5) is 0 Å². The molecule has 3 heteroatoms. The maximum atomic E-state index is 4.17. The van der Waals surface area contributed by atoms with Gasteiger partial charge in [-0.15, -0.1) is 0 Å². The third-order valence-electron chi connectivity index (χ3n) is 1.63. The third kappa shape index (κ3) is 2.56. The highest BCUT2D eigenvalue weighted by molar-refractivity contribution is 7.80. The van der Waals surface area contributed by atoms with Gasteiger partial charge in [0.1, 0.15) is 0 Å². The van der Waals surface area contributed by atoms with E-state index in [9.17, 15) is 0 Å². The van der Waals surface area contributed by atoms with Gasteiger partial charge >= 0.3 is 0 Å². The van der Waals surface area contributed by atoms with Crippen LogP contribution in [0.5, 0.6) is 0 Å². The van der Waals surface area contributed by atoms with E-state index in [1.165, 1.54) is 13.1 Å². The van der Waals surface area contributed by atoms with Crippen molar-refractivity contribution in [1.29, 1.82) is 0 Å². The molecule has 1 N–H and O–H groups in total. The number of thiol groups is 1. The van der Waals surface area contributed by atoms with E-state index in [1.54, 1.807) is 0 Å². The van der Waals surface area contributed by atoms with Crippen molar-refractivity contribution in [2.24, 2.45) is 0 Å². The zero-order valence-corrected chi connectivity index (χ0v) is 6.53. The molecule has 1 aliphatic rings. The van der Waals surface area contributed by atoms with Crippen molar-refractivity contribution in [3.05, 3.63) is 0 Å². The summed E-state index contributed by atoms with van der Waals surface area (Å²) in [4.78, 5) is 2.43. The zero-order chi connectivity index (χ0) is 6.53. The van der Waals surface area contributed by atoms with Gasteiger partial charge < -0.3 is 10.2 Å². The largest absolute Gasteiger partial charge is 0.314 e. The quantitative estimate of drug-likeness (QED) is 0.526. The van der Waals surface area contributed by atoms with Crippen molar-refractivity contribution < 1.29 is 0 Å². The molecule has 0 spiro atoms. The van der Waals surface area contributed by atoms with Crippen molar-refractivity contribution in [3.8, 4) is 0 Å². The minimum atomic E-state index is 0.986. The molecule has 0 unspecified atom stereocenters. The number of nitrogens with zero attached hydrogens (tertiary/aromatic N) is 1. The molecule has 1 heterocycles. The summed E-state index contributed by atoms with van der Waals surface area (Å²) in [6.07, 6.45) is 0. The Morgan fingerprint density at radius 1 is 1.33 bits per heavy atom. The number of piperazine rings is 1. The molecule has 0 amide bonds. The van der Waals surface area contributed by atoms with E-state index in [1.807, 2.05) is 0 Å². The lowest BCUT2D eigenvalue weighted by Gasteiger charge is -2.26. The van der Waals surface area contributed by atoms with E-state index in [2.05, 4.69) is 22.8 Å². The second kappa shape index (κ2) is 4.14. The smallest absolute Gasteiger partial charge is 0.0108 e. The fourth-order valence-corrected chi connectivity index (χ4v) is 1.36. The summed E-state index contributed by atoms with van der Waals surface area (Å²) in [7, 11) is 0. The van der Waals surface area contributed by atoms with Gasteiger partial charge in [0.25, 0.3) is 0 Å². The summed E-state index contributed by atoms with van der Waals surface area (Å²) in [5, 5.41) is 3.31. The van der Waals surface area contributed by atoms with Crippen LogP contribution in [-0.2, 0) is 0 Å². The van der Waals surface area contributed by atoms with Gasteiger partial charge in [0.2, 0.25) is 0 Å². The van der Waals surface area contributed by atoms with Crippen LogP contribution in [-0.4, -0.2) is 43.4 Å². The minimum Gasteiger partial charge on any atom is -0.314 e. The van der Waals surface area contributed by atoms with E-state index in [4.69, 9.17) is 0 Å². The van der Waals surface area contributed by atoms with Crippen LogP contribution in [0.15, 0.2) is 0 Å². The van der Waals surface area contributed by atoms with E-state index >= 15 is 0 Å². The van der Waals surface area contributed by atoms with Gasteiger partial charge in [-0.3, -0.25) is 0 Å². The molecule has 0 radical (unpaired) electrons. The number of hydrogen-bond donors (Lipinski definition) is 2. The highest BCUT2D eigenvalue weighted by atomic mass is 32.1. The normalized spacial score (nSPS) is 22.3. The average Bonchev–Trinajstić information content (AvgIpc) is 1.91. The van der Waals surface area contributed by atoms with Crippen LogP contribution in [0, 0.1) is 0 Å². The Morgan fingerprint density at radius 3 is 2.56 bits per heavy atom. The Labute approximate surface area is 62.0 Å². The molecule has 1 saturated heterocycles. The monoisotopic (exact) mass is 146 g/mol. The van der Waals surface area contributed by atoms with E-state index < -0.39 is 0 Å². The first kappa shape index (κ1) is 7.38. The van der Waals surface area contributed by atoms with E-state index in [0.717, 1.165) is 25.4 Å². The van der Waals surface area contributed by atoms with Gasteiger partial charge in [0.15, 0.2) is 0 Å². The lowest BCUT2D eigenvalue weighted by molar-refractivity contribution is 0.255. The lowest BCUT2D eigenvalue weighted by atomic mass is 10.4. The Morgan fingerprint density at radius 2 is 2.00 bits per heavy atom. The van der Waals surface area contributed by atoms with Crippen molar-refractivity contribution >= 4 is 12.6 Å². The van der Waals surface area contributed by atoms with Gasteiger partial charge in [0, 0.05) is 38.5 Å². The lowest BCUT2D eigenvalue weighted by Crippen LogP contribution is -2.44. The molecular formula is C6H14N2S. The molecule has 0 saturated carbocycles. The molecule has 0 aromatic rings. The minimum absolute atomic E-state index is 0.986. The third-order valence-corrected chi connectivity index (χ3v) is 1.83. The summed E-state index contributed by atoms with van der Waals surface area (Å²) < 4.78 is 0. The first-order valence-corrected chi connectivity index (χ1v) is 4.10. The molecule has 2 nitrogen and oxygen atoms in total. The van der Waals surface area contributed by atoms with Crippen LogP contribution in [0.2, 0.25) is 0 Å². The Kier molecular flexibility index (Phi) is 3.40. The molecule has 1 aliphatic heterocycles. The molecule has 54 valence electrons. The highest BCUT2D eigenvalue weighted by Crippen LogP contribution is 1.91. The van der Waals surface area contributed by atoms with Crippen LogP contribution >= 0.6 is 12.6 Å². The first-order valence-electron chi connectivity index (χ1n) is 3.47. The molecule has 9 heavy (non-hydrogen) atoms. The second-order valence-corrected chi connectivity index (χ2v) is 2.76. The second-order valence-electron chi connectivity index (χ2n) is 2.32. The average molecular weight is 146 g/mol.